The van der Waals surface area contributed by atoms with Gasteiger partial charge in [0.1, 0.15) is 0 Å². The molecule has 3 N–H and O–H groups in total. The Bertz CT molecular complexity index is 673. The average molecular weight is 401 g/mol. The van der Waals surface area contributed by atoms with Crippen LogP contribution < -0.4 is 10.6 Å². The molecule has 0 aromatic rings. The smallest absolute Gasteiger partial charge is 0.308 e. The van der Waals surface area contributed by atoms with Gasteiger partial charge >= 0.3 is 5.97 Å². The van der Waals surface area contributed by atoms with Gasteiger partial charge in [-0.15, -0.1) is 0 Å². The lowest BCUT2D eigenvalue weighted by molar-refractivity contribution is -0.146. The number of carbonyl (C=O) groups is 1. The lowest BCUT2D eigenvalue weighted by Crippen LogP contribution is -2.50. The van der Waals surface area contributed by atoms with Crippen LogP contribution in [0, 0.1) is 23.2 Å². The molecule has 0 amide bonds. The van der Waals surface area contributed by atoms with E-state index in [1.165, 1.54) is 25.7 Å². The lowest BCUT2D eigenvalue weighted by atomic mass is 9.82. The third kappa shape index (κ3) is 4.10. The van der Waals surface area contributed by atoms with E-state index in [0.717, 1.165) is 37.7 Å². The fraction of sp³-hybridized carbons (Fsp3) is 0.826. The second-order valence-corrected chi connectivity index (χ2v) is 9.73. The number of carboxylic acid groups (broad SMARTS) is 1. The van der Waals surface area contributed by atoms with Gasteiger partial charge in [-0.2, -0.15) is 5.26 Å². The Labute approximate surface area is 174 Å². The van der Waals surface area contributed by atoms with Crippen molar-refractivity contribution in [1.82, 2.24) is 15.5 Å². The Morgan fingerprint density at radius 3 is 2.31 bits per heavy atom. The van der Waals surface area contributed by atoms with Gasteiger partial charge in [-0.1, -0.05) is 31.8 Å². The van der Waals surface area contributed by atoms with Gasteiger partial charge in [-0.05, 0) is 51.9 Å². The van der Waals surface area contributed by atoms with E-state index in [1.54, 1.807) is 0 Å². The Hall–Kier alpha value is -1.42. The van der Waals surface area contributed by atoms with E-state index < -0.39 is 5.97 Å². The Morgan fingerprint density at radius 2 is 1.69 bits per heavy atom. The van der Waals surface area contributed by atoms with Crippen LogP contribution in [0.3, 0.4) is 0 Å². The minimum Gasteiger partial charge on any atom is -0.481 e. The van der Waals surface area contributed by atoms with Crippen LogP contribution in [0.4, 0.5) is 0 Å². The minimum absolute atomic E-state index is 0.0360. The van der Waals surface area contributed by atoms with Crippen LogP contribution in [-0.2, 0) is 4.79 Å². The second kappa shape index (κ2) is 8.75. The molecule has 2 heterocycles. The third-order valence-electron chi connectivity index (χ3n) is 8.00. The van der Waals surface area contributed by atoms with Crippen molar-refractivity contribution < 1.29 is 9.90 Å². The molecule has 2 saturated heterocycles. The van der Waals surface area contributed by atoms with Gasteiger partial charge in [-0.3, -0.25) is 20.3 Å². The highest BCUT2D eigenvalue weighted by molar-refractivity contribution is 5.71. The predicted molar refractivity (Wildman–Crippen MR) is 112 cm³/mol. The van der Waals surface area contributed by atoms with Gasteiger partial charge < -0.3 is 5.11 Å². The number of hydrogen-bond acceptors (Lipinski definition) is 5. The fourth-order valence-corrected chi connectivity index (χ4v) is 6.54. The summed E-state index contributed by atoms with van der Waals surface area (Å²) >= 11 is 0. The summed E-state index contributed by atoms with van der Waals surface area (Å²) < 4.78 is 0. The second-order valence-electron chi connectivity index (χ2n) is 9.73. The summed E-state index contributed by atoms with van der Waals surface area (Å²) in [5.74, 6) is -0.608. The fourth-order valence-electron chi connectivity index (χ4n) is 6.54. The van der Waals surface area contributed by atoms with Crippen LogP contribution in [0.25, 0.3) is 0 Å². The molecule has 4 rings (SSSR count). The molecule has 2 saturated carbocycles. The van der Waals surface area contributed by atoms with Gasteiger partial charge in [0, 0.05) is 30.2 Å². The zero-order chi connectivity index (χ0) is 20.5. The third-order valence-corrected chi connectivity index (χ3v) is 8.00. The number of rotatable bonds is 4. The highest BCUT2D eigenvalue weighted by atomic mass is 16.4. The van der Waals surface area contributed by atoms with Gasteiger partial charge in [0.15, 0.2) is 0 Å². The maximum Gasteiger partial charge on any atom is 0.308 e. The molecule has 4 aliphatic rings. The topological polar surface area (TPSA) is 88.4 Å². The van der Waals surface area contributed by atoms with Crippen LogP contribution in [0.5, 0.6) is 0 Å². The van der Waals surface area contributed by atoms with Crippen molar-refractivity contribution in [2.75, 3.05) is 0 Å². The molecule has 29 heavy (non-hydrogen) atoms. The summed E-state index contributed by atoms with van der Waals surface area (Å²) in [4.78, 5) is 14.3. The largest absolute Gasteiger partial charge is 0.481 e. The molecular formula is C23H36N4O2. The number of aliphatic carboxylic acids is 1. The molecule has 6 heteroatoms. The number of carboxylic acids is 1. The molecular weight excluding hydrogens is 364 g/mol. The molecule has 4 fully saturated rings. The van der Waals surface area contributed by atoms with Gasteiger partial charge in [-0.25, -0.2) is 0 Å². The van der Waals surface area contributed by atoms with Crippen LogP contribution in [-0.4, -0.2) is 52.4 Å². The maximum absolute atomic E-state index is 11.8. The highest BCUT2D eigenvalue weighted by Gasteiger charge is 2.45. The number of nitrogens with one attached hydrogen (secondary N) is 2. The van der Waals surface area contributed by atoms with Crippen molar-refractivity contribution in [3.05, 3.63) is 11.6 Å². The van der Waals surface area contributed by atoms with Crippen LogP contribution in [0.1, 0.15) is 71.6 Å². The first-order valence-electron chi connectivity index (χ1n) is 11.6. The summed E-state index contributed by atoms with van der Waals surface area (Å²) in [6.07, 6.45) is 12.0. The molecule has 0 bridgehead atoms. The Kier molecular flexibility index (Phi) is 6.29. The van der Waals surface area contributed by atoms with Crippen molar-refractivity contribution in [2.45, 2.75) is 108 Å². The van der Waals surface area contributed by atoms with Crippen molar-refractivity contribution in [3.63, 3.8) is 0 Å². The van der Waals surface area contributed by atoms with Crippen molar-refractivity contribution in [3.8, 4) is 6.07 Å². The molecule has 0 aromatic carbocycles. The van der Waals surface area contributed by atoms with Crippen LogP contribution >= 0.6 is 0 Å². The quantitative estimate of drug-likeness (QED) is 0.629. The Morgan fingerprint density at radius 1 is 1.07 bits per heavy atom. The summed E-state index contributed by atoms with van der Waals surface area (Å²) in [7, 11) is 0. The first-order chi connectivity index (χ1) is 14.0. The van der Waals surface area contributed by atoms with E-state index in [0.29, 0.717) is 24.0 Å². The van der Waals surface area contributed by atoms with Crippen molar-refractivity contribution >= 4 is 5.97 Å². The molecule has 160 valence electrons. The Balaban J connectivity index is 1.48. The van der Waals surface area contributed by atoms with E-state index >= 15 is 0 Å². The van der Waals surface area contributed by atoms with Gasteiger partial charge in [0.25, 0.3) is 0 Å². The molecule has 7 atom stereocenters. The molecule has 0 radical (unpaired) electrons. The molecule has 7 unspecified atom stereocenters. The molecule has 0 aromatic heterocycles. The van der Waals surface area contributed by atoms with Gasteiger partial charge in [0.05, 0.1) is 23.7 Å². The molecule has 2 aliphatic heterocycles. The zero-order valence-corrected chi connectivity index (χ0v) is 17.8. The lowest BCUT2D eigenvalue weighted by Gasteiger charge is -2.41. The zero-order valence-electron chi connectivity index (χ0n) is 17.8. The van der Waals surface area contributed by atoms with E-state index in [4.69, 9.17) is 0 Å². The van der Waals surface area contributed by atoms with E-state index in [2.05, 4.69) is 41.5 Å². The normalized spacial score (nSPS) is 43.7. The standard InChI is InChI=1S/C23H36N4O2/c1-14-11-16(15(2)27(14)21-10-6-3-7-18(21)23(28)29)12-17(13-24)22-25-19-8-4-5-9-20(19)26-22/h12,14-16,18-22,25-26H,3-11H2,1-2H3,(H,28,29)/b17-12-. The molecule has 6 nitrogen and oxygen atoms in total. The summed E-state index contributed by atoms with van der Waals surface area (Å²) in [6, 6.07) is 4.18. The van der Waals surface area contributed by atoms with E-state index in [9.17, 15) is 15.2 Å². The molecule has 2 aliphatic carbocycles. The first kappa shape index (κ1) is 20.8. The van der Waals surface area contributed by atoms with Crippen LogP contribution in [0.15, 0.2) is 11.6 Å². The average Bonchev–Trinajstić information content (AvgIpc) is 3.26. The summed E-state index contributed by atoms with van der Waals surface area (Å²) in [5.41, 5.74) is 0.809. The number of nitriles is 1. The maximum atomic E-state index is 11.8. The minimum atomic E-state index is -0.646. The molecule has 0 spiro atoms. The number of hydrogen-bond donors (Lipinski definition) is 3. The van der Waals surface area contributed by atoms with Crippen LogP contribution in [0.2, 0.25) is 0 Å². The first-order valence-corrected chi connectivity index (χ1v) is 11.6. The van der Waals surface area contributed by atoms with Crippen molar-refractivity contribution in [2.24, 2.45) is 11.8 Å². The summed E-state index contributed by atoms with van der Waals surface area (Å²) in [5, 5.41) is 26.9. The highest BCUT2D eigenvalue weighted by Crippen LogP contribution is 2.39. The monoisotopic (exact) mass is 400 g/mol. The number of fused-ring (bicyclic) bond motifs is 1. The van der Waals surface area contributed by atoms with E-state index in [1.807, 2.05) is 0 Å². The van der Waals surface area contributed by atoms with Crippen molar-refractivity contribution in [1.29, 1.82) is 5.26 Å². The van der Waals surface area contributed by atoms with E-state index in [-0.39, 0.29) is 24.2 Å². The number of nitrogens with zero attached hydrogens (tertiary/aromatic N) is 2. The van der Waals surface area contributed by atoms with Gasteiger partial charge in [0.2, 0.25) is 0 Å². The number of likely N-dealkylation sites (tertiary alicyclic amines) is 1. The predicted octanol–water partition coefficient (Wildman–Crippen LogP) is 3.01. The summed E-state index contributed by atoms with van der Waals surface area (Å²) in [6.45, 7) is 4.45. The SMILES string of the molecule is CC1CC(/C=C(/C#N)C2NC3CCCCC3N2)C(C)N1C1CCCCC1C(=O)O.